The van der Waals surface area contributed by atoms with Crippen LogP contribution in [0.2, 0.25) is 6.32 Å². The van der Waals surface area contributed by atoms with Crippen LogP contribution in [-0.2, 0) is 0 Å². The zero-order valence-electron chi connectivity index (χ0n) is 3.40. The monoisotopic (exact) mass is 86.0 g/mol. The standard InChI is InChI=1S/C3H7BS/c1-2-3-4-5/h2-3H2,1H3. The van der Waals surface area contributed by atoms with Gasteiger partial charge in [0.05, 0.1) is 0 Å². The van der Waals surface area contributed by atoms with Crippen LogP contribution in [0.15, 0.2) is 0 Å². The van der Waals surface area contributed by atoms with Crippen molar-refractivity contribution in [3.8, 4) is 0 Å². The van der Waals surface area contributed by atoms with E-state index in [0.717, 1.165) is 6.32 Å². The fraction of sp³-hybridized carbons (Fsp3) is 1.00. The van der Waals surface area contributed by atoms with Gasteiger partial charge in [-0.15, -0.1) is 0 Å². The van der Waals surface area contributed by atoms with E-state index in [1.165, 1.54) is 6.42 Å². The maximum absolute atomic E-state index is 4.53. The topological polar surface area (TPSA) is 0 Å². The summed E-state index contributed by atoms with van der Waals surface area (Å²) in [5, 5.41) is 0. The third-order valence-corrected chi connectivity index (χ3v) is 0.642. The van der Waals surface area contributed by atoms with E-state index < -0.39 is 0 Å². The number of hydrogen-bond donors (Lipinski definition) is 0. The van der Waals surface area contributed by atoms with E-state index in [1.807, 2.05) is 0 Å². The van der Waals surface area contributed by atoms with Gasteiger partial charge in [0, 0.05) is 0 Å². The van der Waals surface area contributed by atoms with Crippen molar-refractivity contribution in [2.45, 2.75) is 19.7 Å². The third kappa shape index (κ3) is 4.28. The minimum absolute atomic E-state index is 1.08. The Morgan fingerprint density at radius 2 is 2.40 bits per heavy atom. The molecule has 0 aromatic heterocycles. The predicted molar refractivity (Wildman–Crippen MR) is 28.4 cm³/mol. The first kappa shape index (κ1) is 5.28. The van der Waals surface area contributed by atoms with Crippen LogP contribution in [0.1, 0.15) is 13.3 Å². The summed E-state index contributed by atoms with van der Waals surface area (Å²) >= 11 is 4.53. The molecule has 0 saturated heterocycles. The van der Waals surface area contributed by atoms with Crippen LogP contribution >= 0.6 is 12.1 Å². The van der Waals surface area contributed by atoms with Crippen LogP contribution in [0, 0.1) is 0 Å². The Balaban J connectivity index is 2.40. The van der Waals surface area contributed by atoms with E-state index in [-0.39, 0.29) is 0 Å². The molecule has 0 bridgehead atoms. The van der Waals surface area contributed by atoms with Crippen LogP contribution in [0.3, 0.4) is 0 Å². The van der Waals surface area contributed by atoms with Gasteiger partial charge in [0.15, 0.2) is 0 Å². The number of hydrogen-bond acceptors (Lipinski definition) is 1. The van der Waals surface area contributed by atoms with Crippen molar-refractivity contribution >= 4 is 18.2 Å². The molecule has 0 fully saturated rings. The van der Waals surface area contributed by atoms with Gasteiger partial charge in [-0.2, -0.15) is 0 Å². The first-order valence-corrected chi connectivity index (χ1v) is 2.32. The first-order valence-electron chi connectivity index (χ1n) is 1.85. The van der Waals surface area contributed by atoms with Crippen LogP contribution < -0.4 is 0 Å². The van der Waals surface area contributed by atoms with Crippen molar-refractivity contribution < 1.29 is 0 Å². The Morgan fingerprint density at radius 1 is 1.80 bits per heavy atom. The van der Waals surface area contributed by atoms with E-state index in [1.54, 1.807) is 6.15 Å². The maximum atomic E-state index is 4.53. The molecule has 5 heavy (non-hydrogen) atoms. The van der Waals surface area contributed by atoms with E-state index in [9.17, 15) is 0 Å². The van der Waals surface area contributed by atoms with Crippen molar-refractivity contribution in [2.75, 3.05) is 0 Å². The summed E-state index contributed by atoms with van der Waals surface area (Å²) in [6.07, 6.45) is 4.03. The molecule has 0 amide bonds. The summed E-state index contributed by atoms with van der Waals surface area (Å²) in [6, 6.07) is 0. The molecule has 0 nitrogen and oxygen atoms in total. The Morgan fingerprint density at radius 3 is 2.40 bits per heavy atom. The van der Waals surface area contributed by atoms with Gasteiger partial charge >= 0.3 is 37.9 Å². The summed E-state index contributed by atoms with van der Waals surface area (Å²) in [6.45, 7) is 2.11. The van der Waals surface area contributed by atoms with Gasteiger partial charge < -0.3 is 0 Å². The summed E-state index contributed by atoms with van der Waals surface area (Å²) in [5.74, 6) is 0. The molecular formula is C3H7BS. The molecule has 0 rings (SSSR count). The molecule has 0 N–H and O–H groups in total. The molecule has 0 aromatic carbocycles. The molecule has 0 heterocycles. The number of rotatable bonds is 2. The Bertz CT molecular complexity index is 28.1. The van der Waals surface area contributed by atoms with Crippen molar-refractivity contribution in [3.05, 3.63) is 0 Å². The average Bonchev–Trinajstić information content (AvgIpc) is 1.41. The molecule has 2 heteroatoms. The molecule has 0 aliphatic rings. The quantitative estimate of drug-likeness (QED) is 0.460. The van der Waals surface area contributed by atoms with Crippen molar-refractivity contribution in [3.63, 3.8) is 0 Å². The Hall–Kier alpha value is 0.285. The van der Waals surface area contributed by atoms with Crippen LogP contribution in [0.5, 0.6) is 0 Å². The zero-order chi connectivity index (χ0) is 4.12. The van der Waals surface area contributed by atoms with Crippen molar-refractivity contribution in [1.82, 2.24) is 0 Å². The van der Waals surface area contributed by atoms with Crippen LogP contribution in [-0.4, -0.2) is 6.15 Å². The van der Waals surface area contributed by atoms with E-state index >= 15 is 0 Å². The average molecular weight is 86.0 g/mol. The fourth-order valence-corrected chi connectivity index (χ4v) is 0.354. The van der Waals surface area contributed by atoms with Crippen LogP contribution in [0.4, 0.5) is 0 Å². The molecule has 0 aromatic rings. The van der Waals surface area contributed by atoms with Gasteiger partial charge in [0.25, 0.3) is 0 Å². The van der Waals surface area contributed by atoms with Gasteiger partial charge in [-0.1, -0.05) is 0 Å². The molecular weight excluding hydrogens is 78.9 g/mol. The zero-order valence-corrected chi connectivity index (χ0v) is 4.22. The van der Waals surface area contributed by atoms with Gasteiger partial charge in [-0.25, -0.2) is 0 Å². The third-order valence-electron chi connectivity index (χ3n) is 0.407. The second-order valence-electron chi connectivity index (χ2n) is 0.955. The van der Waals surface area contributed by atoms with E-state index in [4.69, 9.17) is 0 Å². The summed E-state index contributed by atoms with van der Waals surface area (Å²) in [5.41, 5.74) is 0. The summed E-state index contributed by atoms with van der Waals surface area (Å²) < 4.78 is 0. The molecule has 0 atom stereocenters. The SMILES string of the molecule is CCCB=S. The predicted octanol–water partition coefficient (Wildman–Crippen LogP) is 1.63. The van der Waals surface area contributed by atoms with Crippen molar-refractivity contribution in [2.24, 2.45) is 0 Å². The van der Waals surface area contributed by atoms with Gasteiger partial charge in [-0.3, -0.25) is 0 Å². The minimum atomic E-state index is 1.08. The van der Waals surface area contributed by atoms with Crippen molar-refractivity contribution in [1.29, 1.82) is 0 Å². The van der Waals surface area contributed by atoms with E-state index in [2.05, 4.69) is 19.0 Å². The van der Waals surface area contributed by atoms with Gasteiger partial charge in [0.2, 0.25) is 0 Å². The molecule has 0 spiro atoms. The molecule has 0 aliphatic heterocycles. The molecule has 0 aliphatic carbocycles. The molecule has 0 saturated carbocycles. The second kappa shape index (κ2) is 4.28. The van der Waals surface area contributed by atoms with E-state index in [0.29, 0.717) is 0 Å². The molecule has 28 valence electrons. The Labute approximate surface area is 38.7 Å². The second-order valence-corrected chi connectivity index (χ2v) is 1.29. The molecule has 0 unspecified atom stereocenters. The first-order chi connectivity index (χ1) is 2.41. The Kier molecular flexibility index (Phi) is 4.53. The van der Waals surface area contributed by atoms with Crippen LogP contribution in [0.25, 0.3) is 0 Å². The summed E-state index contributed by atoms with van der Waals surface area (Å²) in [7, 11) is 0. The molecule has 0 radical (unpaired) electrons. The normalized spacial score (nSPS) is 6.60. The van der Waals surface area contributed by atoms with Gasteiger partial charge in [0.1, 0.15) is 0 Å². The van der Waals surface area contributed by atoms with Gasteiger partial charge in [-0.05, 0) is 0 Å². The fourth-order valence-electron chi connectivity index (χ4n) is 0.118. The summed E-state index contributed by atoms with van der Waals surface area (Å²) in [4.78, 5) is 0.